The summed E-state index contributed by atoms with van der Waals surface area (Å²) >= 11 is 7.78. The van der Waals surface area contributed by atoms with Crippen molar-refractivity contribution in [2.24, 2.45) is 0 Å². The van der Waals surface area contributed by atoms with Crippen molar-refractivity contribution in [3.05, 3.63) is 81.0 Å². The number of sulfonamides is 1. The predicted molar refractivity (Wildman–Crippen MR) is 135 cm³/mol. The number of methoxy groups -OCH3 is 1. The number of benzene rings is 2. The molecule has 180 valence electrons. The molecule has 0 N–H and O–H groups in total. The molecule has 9 heteroatoms. The average Bonchev–Trinajstić information content (AvgIpc) is 3.31. The van der Waals surface area contributed by atoms with Gasteiger partial charge in [-0.15, -0.1) is 11.3 Å². The van der Waals surface area contributed by atoms with Crippen molar-refractivity contribution < 1.29 is 17.9 Å². The van der Waals surface area contributed by atoms with Crippen LogP contribution < -0.4 is 4.74 Å². The molecule has 1 atom stereocenters. The highest BCUT2D eigenvalue weighted by molar-refractivity contribution is 7.89. The number of nitrogens with zero attached hydrogens (tertiary/aromatic N) is 2. The third kappa shape index (κ3) is 4.86. The highest BCUT2D eigenvalue weighted by Crippen LogP contribution is 2.38. The molecular formula is C25H27ClN2O4S2. The van der Waals surface area contributed by atoms with E-state index in [4.69, 9.17) is 16.3 Å². The van der Waals surface area contributed by atoms with Gasteiger partial charge >= 0.3 is 0 Å². The van der Waals surface area contributed by atoms with Gasteiger partial charge in [-0.2, -0.15) is 4.31 Å². The molecule has 3 aromatic rings. The van der Waals surface area contributed by atoms with E-state index in [-0.39, 0.29) is 23.4 Å². The van der Waals surface area contributed by atoms with Crippen molar-refractivity contribution in [3.63, 3.8) is 0 Å². The Morgan fingerprint density at radius 2 is 1.82 bits per heavy atom. The number of halogens is 1. The summed E-state index contributed by atoms with van der Waals surface area (Å²) in [5, 5.41) is 2.66. The molecule has 1 aliphatic rings. The summed E-state index contributed by atoms with van der Waals surface area (Å²) in [5.41, 5.74) is 2.03. The minimum Gasteiger partial charge on any atom is -0.497 e. The number of fused-ring (bicyclic) bond motifs is 1. The second-order valence-corrected chi connectivity index (χ2v) is 11.7. The van der Waals surface area contributed by atoms with Crippen molar-refractivity contribution in [2.75, 3.05) is 20.2 Å². The molecule has 2 heterocycles. The van der Waals surface area contributed by atoms with E-state index >= 15 is 0 Å². The van der Waals surface area contributed by atoms with E-state index in [0.29, 0.717) is 17.3 Å². The van der Waals surface area contributed by atoms with Gasteiger partial charge in [-0.1, -0.05) is 23.7 Å². The topological polar surface area (TPSA) is 66.9 Å². The summed E-state index contributed by atoms with van der Waals surface area (Å²) < 4.78 is 33.3. The van der Waals surface area contributed by atoms with Crippen LogP contribution in [0.25, 0.3) is 0 Å². The average molecular weight is 519 g/mol. The Bertz CT molecular complexity index is 1250. The number of hydrogen-bond acceptors (Lipinski definition) is 5. The first-order valence-electron chi connectivity index (χ1n) is 11.0. The third-order valence-electron chi connectivity index (χ3n) is 6.01. The third-order valence-corrected chi connectivity index (χ3v) is 9.29. The lowest BCUT2D eigenvalue weighted by Crippen LogP contribution is -2.48. The minimum absolute atomic E-state index is 0.128. The van der Waals surface area contributed by atoms with Crippen LogP contribution >= 0.6 is 22.9 Å². The zero-order valence-electron chi connectivity index (χ0n) is 19.3. The Balaban J connectivity index is 1.65. The maximum absolute atomic E-state index is 13.7. The summed E-state index contributed by atoms with van der Waals surface area (Å²) in [6, 6.07) is 15.1. The Labute approximate surface area is 209 Å². The molecule has 0 aliphatic carbocycles. The summed E-state index contributed by atoms with van der Waals surface area (Å²) in [5.74, 6) is 0.333. The fourth-order valence-electron chi connectivity index (χ4n) is 4.24. The maximum atomic E-state index is 13.7. The molecule has 1 amide bonds. The smallest absolute Gasteiger partial charge is 0.243 e. The first kappa shape index (κ1) is 24.7. The molecule has 34 heavy (non-hydrogen) atoms. The van der Waals surface area contributed by atoms with Gasteiger partial charge in [0.25, 0.3) is 0 Å². The predicted octanol–water partition coefficient (Wildman–Crippen LogP) is 4.98. The van der Waals surface area contributed by atoms with Gasteiger partial charge in [0.15, 0.2) is 0 Å². The van der Waals surface area contributed by atoms with Crippen LogP contribution in [0.3, 0.4) is 0 Å². The molecule has 2 aromatic carbocycles. The quantitative estimate of drug-likeness (QED) is 0.442. The van der Waals surface area contributed by atoms with Crippen LogP contribution in [-0.2, 0) is 21.2 Å². The summed E-state index contributed by atoms with van der Waals surface area (Å²) in [6.07, 6.45) is 0.746. The second-order valence-electron chi connectivity index (χ2n) is 8.41. The van der Waals surface area contributed by atoms with Crippen molar-refractivity contribution in [2.45, 2.75) is 37.2 Å². The van der Waals surface area contributed by atoms with Gasteiger partial charge in [-0.05, 0) is 79.2 Å². The standard InChI is InChI=1S/C25H27ClN2O4S2/c1-17(2)28(34(30,31)21-10-8-20(32-3)9-11-21)16-24(29)27-14-12-23-22(13-15-33-23)25(27)18-4-6-19(26)7-5-18/h4-11,13,15,17,25H,12,14,16H2,1-3H3. The molecular weight excluding hydrogens is 492 g/mol. The lowest BCUT2D eigenvalue weighted by molar-refractivity contribution is -0.133. The van der Waals surface area contributed by atoms with E-state index in [2.05, 4.69) is 0 Å². The van der Waals surface area contributed by atoms with Gasteiger partial charge in [0, 0.05) is 22.5 Å². The molecule has 4 rings (SSSR count). The van der Waals surface area contributed by atoms with Crippen LogP contribution in [0.1, 0.15) is 35.9 Å². The summed E-state index contributed by atoms with van der Waals surface area (Å²) in [7, 11) is -2.36. The van der Waals surface area contributed by atoms with Crippen LogP contribution in [0.15, 0.2) is 64.9 Å². The lowest BCUT2D eigenvalue weighted by Gasteiger charge is -2.38. The van der Waals surface area contributed by atoms with E-state index in [1.54, 1.807) is 42.2 Å². The minimum atomic E-state index is -3.88. The van der Waals surface area contributed by atoms with Crippen molar-refractivity contribution in [1.82, 2.24) is 9.21 Å². The van der Waals surface area contributed by atoms with E-state index in [9.17, 15) is 13.2 Å². The van der Waals surface area contributed by atoms with E-state index in [1.807, 2.05) is 35.7 Å². The fraction of sp³-hybridized carbons (Fsp3) is 0.320. The van der Waals surface area contributed by atoms with Gasteiger partial charge in [0.1, 0.15) is 5.75 Å². The lowest BCUT2D eigenvalue weighted by atomic mass is 9.93. The highest BCUT2D eigenvalue weighted by Gasteiger charge is 2.36. The van der Waals surface area contributed by atoms with Gasteiger partial charge < -0.3 is 9.64 Å². The first-order valence-corrected chi connectivity index (χ1v) is 13.7. The summed E-state index contributed by atoms with van der Waals surface area (Å²) in [6.45, 7) is 3.83. The number of amides is 1. The van der Waals surface area contributed by atoms with Crippen LogP contribution in [-0.4, -0.2) is 49.8 Å². The molecule has 0 bridgehead atoms. The number of rotatable bonds is 7. The maximum Gasteiger partial charge on any atom is 0.243 e. The van der Waals surface area contributed by atoms with Gasteiger partial charge in [0.05, 0.1) is 24.6 Å². The van der Waals surface area contributed by atoms with Gasteiger partial charge in [0.2, 0.25) is 15.9 Å². The molecule has 0 saturated carbocycles. The normalized spacial score (nSPS) is 16.1. The Morgan fingerprint density at radius 3 is 2.44 bits per heavy atom. The number of thiophene rings is 1. The largest absolute Gasteiger partial charge is 0.497 e. The number of carbonyl (C=O) groups is 1. The van der Waals surface area contributed by atoms with Gasteiger partial charge in [-0.3, -0.25) is 4.79 Å². The molecule has 6 nitrogen and oxygen atoms in total. The number of carbonyl (C=O) groups excluding carboxylic acids is 1. The van der Waals surface area contributed by atoms with Crippen molar-refractivity contribution >= 4 is 38.9 Å². The molecule has 0 saturated heterocycles. The monoisotopic (exact) mass is 518 g/mol. The fourth-order valence-corrected chi connectivity index (χ4v) is 6.86. The molecule has 1 aliphatic heterocycles. The van der Waals surface area contributed by atoms with Gasteiger partial charge in [-0.25, -0.2) is 8.42 Å². The van der Waals surface area contributed by atoms with Crippen LogP contribution in [0, 0.1) is 0 Å². The molecule has 0 fully saturated rings. The molecule has 0 radical (unpaired) electrons. The zero-order valence-corrected chi connectivity index (χ0v) is 21.7. The van der Waals surface area contributed by atoms with E-state index < -0.39 is 16.1 Å². The summed E-state index contributed by atoms with van der Waals surface area (Å²) in [4.78, 5) is 16.8. The number of hydrogen-bond donors (Lipinski definition) is 0. The zero-order chi connectivity index (χ0) is 24.5. The Hall–Kier alpha value is -2.39. The second kappa shape index (κ2) is 10.1. The van der Waals surface area contributed by atoms with Crippen molar-refractivity contribution in [3.8, 4) is 5.75 Å². The van der Waals surface area contributed by atoms with E-state index in [0.717, 1.165) is 17.5 Å². The molecule has 0 spiro atoms. The molecule has 1 aromatic heterocycles. The highest BCUT2D eigenvalue weighted by atomic mass is 35.5. The number of ether oxygens (including phenoxy) is 1. The molecule has 1 unspecified atom stereocenters. The SMILES string of the molecule is COc1ccc(S(=O)(=O)N(CC(=O)N2CCc3sccc3C2c2ccc(Cl)cc2)C(C)C)cc1. The Morgan fingerprint density at radius 1 is 1.15 bits per heavy atom. The van der Waals surface area contributed by atoms with Crippen LogP contribution in [0.2, 0.25) is 5.02 Å². The van der Waals surface area contributed by atoms with Crippen molar-refractivity contribution in [1.29, 1.82) is 0 Å². The first-order chi connectivity index (χ1) is 16.2. The van der Waals surface area contributed by atoms with E-state index in [1.165, 1.54) is 28.4 Å². The Kier molecular flexibility index (Phi) is 7.33. The van der Waals surface area contributed by atoms with Crippen LogP contribution in [0.5, 0.6) is 5.75 Å². The van der Waals surface area contributed by atoms with Crippen LogP contribution in [0.4, 0.5) is 0 Å².